The summed E-state index contributed by atoms with van der Waals surface area (Å²) in [5, 5.41) is 14.2. The van der Waals surface area contributed by atoms with Gasteiger partial charge in [-0.2, -0.15) is 4.98 Å². The fourth-order valence-corrected chi connectivity index (χ4v) is 9.77. The van der Waals surface area contributed by atoms with Gasteiger partial charge in [0, 0.05) is 94.1 Å². The van der Waals surface area contributed by atoms with Crippen LogP contribution in [0.4, 0.5) is 28.8 Å². The lowest BCUT2D eigenvalue weighted by atomic mass is 9.99. The molecule has 5 N–H and O–H groups in total. The minimum atomic E-state index is -4.00. The van der Waals surface area contributed by atoms with Crippen molar-refractivity contribution in [3.05, 3.63) is 88.1 Å². The number of piperazine rings is 1. The van der Waals surface area contributed by atoms with Gasteiger partial charge in [-0.15, -0.1) is 0 Å². The number of anilines is 5. The van der Waals surface area contributed by atoms with Crippen LogP contribution in [0.1, 0.15) is 66.1 Å². The van der Waals surface area contributed by atoms with Crippen molar-refractivity contribution in [2.24, 2.45) is 5.14 Å². The highest BCUT2D eigenvalue weighted by Gasteiger charge is 2.40. The van der Waals surface area contributed by atoms with E-state index in [4.69, 9.17) is 21.5 Å². The largest absolute Gasteiger partial charge is 0.494 e. The molecule has 3 aromatic carbocycles. The van der Waals surface area contributed by atoms with E-state index in [-0.39, 0.29) is 45.6 Å². The maximum atomic E-state index is 13.2. The Hall–Kier alpha value is -5.77. The van der Waals surface area contributed by atoms with Crippen molar-refractivity contribution < 1.29 is 27.5 Å². The number of benzene rings is 3. The molecular formula is C45H51ClN10O6S. The number of fused-ring (bicyclic) bond motifs is 1. The third kappa shape index (κ3) is 9.75. The summed E-state index contributed by atoms with van der Waals surface area (Å²) in [7, 11) is -2.37. The van der Waals surface area contributed by atoms with E-state index in [1.165, 1.54) is 12.3 Å². The highest BCUT2D eigenvalue weighted by atomic mass is 35.5. The van der Waals surface area contributed by atoms with Gasteiger partial charge in [0.1, 0.15) is 21.7 Å². The molecule has 8 rings (SSSR count). The Morgan fingerprint density at radius 1 is 0.968 bits per heavy atom. The second-order valence-electron chi connectivity index (χ2n) is 16.1. The molecule has 1 unspecified atom stereocenters. The Balaban J connectivity index is 0.829. The van der Waals surface area contributed by atoms with Crippen LogP contribution in [0.2, 0.25) is 5.02 Å². The number of imide groups is 1. The zero-order chi connectivity index (χ0) is 44.3. The number of nitrogens with zero attached hydrogens (tertiary/aromatic N) is 6. The van der Waals surface area contributed by atoms with Gasteiger partial charge in [-0.05, 0) is 67.1 Å². The lowest BCUT2D eigenvalue weighted by Gasteiger charge is -2.43. The van der Waals surface area contributed by atoms with Gasteiger partial charge in [-0.1, -0.05) is 48.6 Å². The average molecular weight is 895 g/mol. The number of carbonyl (C=O) groups is 3. The minimum Gasteiger partial charge on any atom is -0.494 e. The number of hydrogen-bond acceptors (Lipinski definition) is 13. The van der Waals surface area contributed by atoms with E-state index in [9.17, 15) is 22.8 Å². The number of piperidine rings is 2. The number of aromatic nitrogens is 2. The number of carbonyl (C=O) groups excluding carboxylic acids is 3. The summed E-state index contributed by atoms with van der Waals surface area (Å²) in [4.78, 5) is 55.3. The molecule has 0 saturated carbocycles. The van der Waals surface area contributed by atoms with Crippen LogP contribution in [-0.4, -0.2) is 116 Å². The summed E-state index contributed by atoms with van der Waals surface area (Å²) in [6.07, 6.45) is 5.63. The Kier molecular flexibility index (Phi) is 13.2. The molecule has 16 nitrogen and oxygen atoms in total. The number of methoxy groups -OCH3 is 1. The van der Waals surface area contributed by atoms with E-state index < -0.39 is 22.0 Å². The van der Waals surface area contributed by atoms with Gasteiger partial charge >= 0.3 is 0 Å². The first-order chi connectivity index (χ1) is 30.4. The molecule has 4 aromatic rings. The topological polar surface area (TPSA) is 195 Å². The average Bonchev–Trinajstić information content (AvgIpc) is 3.62. The van der Waals surface area contributed by atoms with E-state index in [2.05, 4.69) is 71.5 Å². The monoisotopic (exact) mass is 894 g/mol. The van der Waals surface area contributed by atoms with Crippen molar-refractivity contribution in [3.63, 3.8) is 0 Å². The lowest BCUT2D eigenvalue weighted by molar-refractivity contribution is -0.136. The van der Waals surface area contributed by atoms with Crippen molar-refractivity contribution in [3.8, 4) is 17.6 Å². The molecule has 4 aliphatic rings. The summed E-state index contributed by atoms with van der Waals surface area (Å²) in [5.41, 5.74) is 5.46. The number of ether oxygens (including phenoxy) is 1. The fraction of sp³-hybridized carbons (Fsp3) is 0.400. The molecule has 0 spiro atoms. The van der Waals surface area contributed by atoms with E-state index in [0.29, 0.717) is 42.4 Å². The predicted molar refractivity (Wildman–Crippen MR) is 241 cm³/mol. The molecule has 0 radical (unpaired) electrons. The Bertz CT molecular complexity index is 2580. The van der Waals surface area contributed by atoms with Crippen LogP contribution in [0.15, 0.2) is 65.7 Å². The Labute approximate surface area is 372 Å². The molecule has 5 heterocycles. The molecule has 3 amide bonds. The first-order valence-electron chi connectivity index (χ1n) is 21.3. The molecule has 0 bridgehead atoms. The van der Waals surface area contributed by atoms with Gasteiger partial charge in [0.25, 0.3) is 5.91 Å². The van der Waals surface area contributed by atoms with Gasteiger partial charge in [0.05, 0.1) is 24.7 Å². The molecule has 1 atom stereocenters. The van der Waals surface area contributed by atoms with E-state index in [0.717, 1.165) is 87.5 Å². The molecule has 1 aromatic heterocycles. The summed E-state index contributed by atoms with van der Waals surface area (Å²) < 4.78 is 30.2. The van der Waals surface area contributed by atoms with Gasteiger partial charge in [-0.3, -0.25) is 29.5 Å². The van der Waals surface area contributed by atoms with Crippen LogP contribution in [0.3, 0.4) is 0 Å². The van der Waals surface area contributed by atoms with Crippen molar-refractivity contribution in [2.75, 3.05) is 68.5 Å². The summed E-state index contributed by atoms with van der Waals surface area (Å²) in [6, 6.07) is 15.8. The zero-order valence-corrected chi connectivity index (χ0v) is 36.9. The number of rotatable bonds is 12. The maximum Gasteiger partial charge on any atom is 0.255 e. The number of halogens is 1. The van der Waals surface area contributed by atoms with Crippen LogP contribution in [-0.2, 0) is 32.6 Å². The van der Waals surface area contributed by atoms with Crippen molar-refractivity contribution in [2.45, 2.75) is 69.0 Å². The quantitative estimate of drug-likeness (QED) is 0.114. The number of nitrogens with one attached hydrogen (secondary N) is 3. The fourth-order valence-electron chi connectivity index (χ4n) is 8.94. The highest BCUT2D eigenvalue weighted by Crippen LogP contribution is 2.38. The number of para-hydroxylation sites is 1. The number of sulfonamides is 1. The molecule has 4 aliphatic heterocycles. The molecule has 330 valence electrons. The Morgan fingerprint density at radius 2 is 1.75 bits per heavy atom. The molecule has 18 heteroatoms. The molecule has 3 saturated heterocycles. The van der Waals surface area contributed by atoms with Crippen LogP contribution in [0, 0.1) is 11.8 Å². The number of amides is 3. The van der Waals surface area contributed by atoms with Crippen LogP contribution in [0.25, 0.3) is 0 Å². The van der Waals surface area contributed by atoms with Gasteiger partial charge in [0.15, 0.2) is 5.82 Å². The van der Waals surface area contributed by atoms with Crippen molar-refractivity contribution in [1.82, 2.24) is 30.0 Å². The third-order valence-electron chi connectivity index (χ3n) is 12.3. The second-order valence-corrected chi connectivity index (χ2v) is 18.0. The van der Waals surface area contributed by atoms with Crippen LogP contribution < -0.4 is 30.7 Å². The smallest absolute Gasteiger partial charge is 0.255 e. The SMILES string of the molecule is CCc1cc(Nc2ncc(Cl)c(Nc3ccccc3S(N)(=O)=O)n2)c(OC)cc1N1CCC(N2CCN(CCC#Cc3cccc4c3CN(C3CCC(=O)NC3=O)C4=O)CC2)CC1. The van der Waals surface area contributed by atoms with Gasteiger partial charge in [0.2, 0.25) is 27.8 Å². The summed E-state index contributed by atoms with van der Waals surface area (Å²) in [5.74, 6) is 6.83. The van der Waals surface area contributed by atoms with Crippen molar-refractivity contribution in [1.29, 1.82) is 0 Å². The second kappa shape index (κ2) is 18.9. The van der Waals surface area contributed by atoms with E-state index in [1.807, 2.05) is 12.1 Å². The summed E-state index contributed by atoms with van der Waals surface area (Å²) in [6.45, 7) is 9.18. The normalized spacial score (nSPS) is 18.7. The first kappa shape index (κ1) is 43.9. The van der Waals surface area contributed by atoms with Crippen LogP contribution >= 0.6 is 11.6 Å². The van der Waals surface area contributed by atoms with Gasteiger partial charge in [-0.25, -0.2) is 18.5 Å². The summed E-state index contributed by atoms with van der Waals surface area (Å²) >= 11 is 6.42. The van der Waals surface area contributed by atoms with Crippen molar-refractivity contribution >= 4 is 68.2 Å². The van der Waals surface area contributed by atoms with Crippen LogP contribution in [0.5, 0.6) is 5.75 Å². The molecule has 3 fully saturated rings. The number of aryl methyl sites for hydroxylation is 1. The standard InChI is InChI=1S/C45H51ClN10O6S/c1-3-29-25-36(50-45-48-27-34(46)42(52-45)49-35-12-4-5-13-40(35)63(47,60)61)39(62-2)26-38(29)55-19-16-31(17-20-55)54-23-21-53(22-24-54)18-7-6-9-30-10-8-11-32-33(30)28-56(44(32)59)37-14-15-41(57)51-43(37)58/h4-5,8,10-13,25-27,31,37H,3,7,14-24,28H2,1-2H3,(H2,47,60,61)(H,51,57,58)(H2,48,49,50,52). The highest BCUT2D eigenvalue weighted by molar-refractivity contribution is 7.89. The first-order valence-corrected chi connectivity index (χ1v) is 23.2. The third-order valence-corrected chi connectivity index (χ3v) is 13.6. The number of primary sulfonamides is 1. The molecule has 0 aliphatic carbocycles. The predicted octanol–water partition coefficient (Wildman–Crippen LogP) is 4.62. The Morgan fingerprint density at radius 3 is 2.48 bits per heavy atom. The number of hydrogen-bond donors (Lipinski definition) is 4. The number of nitrogens with two attached hydrogens (primary N) is 1. The lowest BCUT2D eigenvalue weighted by Crippen LogP contribution is -2.53. The minimum absolute atomic E-state index is 0.0848. The maximum absolute atomic E-state index is 13.2. The molecular weight excluding hydrogens is 844 g/mol. The molecule has 63 heavy (non-hydrogen) atoms. The van der Waals surface area contributed by atoms with Gasteiger partial charge < -0.3 is 25.2 Å². The zero-order valence-electron chi connectivity index (χ0n) is 35.3. The van der Waals surface area contributed by atoms with E-state index in [1.54, 1.807) is 36.3 Å². The van der Waals surface area contributed by atoms with E-state index >= 15 is 0 Å².